The molecule has 0 radical (unpaired) electrons. The first-order chi connectivity index (χ1) is 12.2. The summed E-state index contributed by atoms with van der Waals surface area (Å²) in [5.41, 5.74) is 4.36. The summed E-state index contributed by atoms with van der Waals surface area (Å²) < 4.78 is 2.37. The average molecular weight is 334 g/mol. The van der Waals surface area contributed by atoms with Crippen molar-refractivity contribution in [2.45, 2.75) is 44.7 Å². The van der Waals surface area contributed by atoms with Gasteiger partial charge in [-0.15, -0.1) is 0 Å². The third kappa shape index (κ3) is 2.35. The van der Waals surface area contributed by atoms with Crippen LogP contribution in [0.5, 0.6) is 0 Å². The molecule has 2 aliphatic rings. The summed E-state index contributed by atoms with van der Waals surface area (Å²) in [5.74, 6) is 2.54. The number of rotatable bonds is 3. The molecule has 25 heavy (non-hydrogen) atoms. The molecular weight excluding hydrogens is 308 g/mol. The second-order valence-electron chi connectivity index (χ2n) is 7.85. The molecule has 1 N–H and O–H groups in total. The number of piperidine rings is 1. The van der Waals surface area contributed by atoms with Crippen molar-refractivity contribution >= 4 is 10.9 Å². The Kier molecular flexibility index (Phi) is 3.49. The Morgan fingerprint density at radius 2 is 2.24 bits per heavy atom. The van der Waals surface area contributed by atoms with Crippen molar-refractivity contribution in [2.75, 3.05) is 13.6 Å². The van der Waals surface area contributed by atoms with Crippen LogP contribution < -0.4 is 0 Å². The Hall–Kier alpha value is -2.07. The molecule has 1 aromatic carbocycles. The zero-order valence-corrected chi connectivity index (χ0v) is 15.1. The Morgan fingerprint density at radius 3 is 3.12 bits per heavy atom. The van der Waals surface area contributed by atoms with Crippen LogP contribution >= 0.6 is 0 Å². The lowest BCUT2D eigenvalue weighted by Crippen LogP contribution is -2.48. The van der Waals surface area contributed by atoms with E-state index in [4.69, 9.17) is 0 Å². The summed E-state index contributed by atoms with van der Waals surface area (Å²) in [4.78, 5) is 10.6. The molecule has 3 aromatic rings. The van der Waals surface area contributed by atoms with E-state index in [0.717, 1.165) is 13.0 Å². The van der Waals surface area contributed by atoms with Crippen LogP contribution in [0.15, 0.2) is 36.8 Å². The van der Waals surface area contributed by atoms with E-state index in [0.29, 0.717) is 17.9 Å². The van der Waals surface area contributed by atoms with Crippen molar-refractivity contribution in [1.29, 1.82) is 0 Å². The first kappa shape index (κ1) is 15.2. The van der Waals surface area contributed by atoms with E-state index >= 15 is 0 Å². The number of nitrogens with zero attached hydrogens (tertiary/aromatic N) is 3. The van der Waals surface area contributed by atoms with Gasteiger partial charge < -0.3 is 14.5 Å². The molecule has 1 saturated heterocycles. The largest absolute Gasteiger partial charge is 0.361 e. The van der Waals surface area contributed by atoms with Gasteiger partial charge in [-0.3, -0.25) is 0 Å². The fourth-order valence-electron chi connectivity index (χ4n) is 5.29. The van der Waals surface area contributed by atoms with Crippen LogP contribution in [0.1, 0.15) is 36.2 Å². The van der Waals surface area contributed by atoms with Crippen LogP contribution in [0.4, 0.5) is 0 Å². The number of likely N-dealkylation sites (N-methyl/N-ethyl adjacent to an activating group) is 1. The van der Waals surface area contributed by atoms with E-state index in [-0.39, 0.29) is 0 Å². The zero-order chi connectivity index (χ0) is 17.0. The Labute approximate surface area is 148 Å². The lowest BCUT2D eigenvalue weighted by Gasteiger charge is -2.45. The molecule has 2 aromatic heterocycles. The topological polar surface area (TPSA) is 36.9 Å². The van der Waals surface area contributed by atoms with Crippen LogP contribution in [-0.2, 0) is 19.4 Å². The molecule has 5 rings (SSSR count). The summed E-state index contributed by atoms with van der Waals surface area (Å²) >= 11 is 0. The number of imidazole rings is 1. The number of aromatic amines is 1. The second kappa shape index (κ2) is 5.73. The second-order valence-corrected chi connectivity index (χ2v) is 7.85. The molecule has 4 nitrogen and oxygen atoms in total. The van der Waals surface area contributed by atoms with E-state index in [1.807, 2.05) is 6.20 Å². The molecule has 0 amide bonds. The lowest BCUT2D eigenvalue weighted by atomic mass is 9.72. The third-order valence-corrected chi connectivity index (χ3v) is 6.39. The number of H-pyrrole nitrogens is 1. The quantitative estimate of drug-likeness (QED) is 0.795. The summed E-state index contributed by atoms with van der Waals surface area (Å²) in [6.45, 7) is 4.46. The van der Waals surface area contributed by atoms with Gasteiger partial charge in [0.2, 0.25) is 0 Å². The molecule has 1 aliphatic heterocycles. The average Bonchev–Trinajstić information content (AvgIpc) is 3.24. The first-order valence-electron chi connectivity index (χ1n) is 9.53. The van der Waals surface area contributed by atoms with Gasteiger partial charge in [0.25, 0.3) is 0 Å². The Balaban J connectivity index is 1.48. The summed E-state index contributed by atoms with van der Waals surface area (Å²) in [7, 11) is 2.32. The number of benzene rings is 1. The summed E-state index contributed by atoms with van der Waals surface area (Å²) in [5, 5.41) is 1.50. The van der Waals surface area contributed by atoms with Gasteiger partial charge in [-0.25, -0.2) is 4.98 Å². The van der Waals surface area contributed by atoms with Gasteiger partial charge in [0.1, 0.15) is 5.82 Å². The highest BCUT2D eigenvalue weighted by Gasteiger charge is 2.39. The van der Waals surface area contributed by atoms with Crippen LogP contribution in [-0.4, -0.2) is 39.1 Å². The van der Waals surface area contributed by atoms with Crippen molar-refractivity contribution in [3.05, 3.63) is 53.7 Å². The third-order valence-electron chi connectivity index (χ3n) is 6.39. The molecule has 0 saturated carbocycles. The van der Waals surface area contributed by atoms with Crippen molar-refractivity contribution in [2.24, 2.45) is 5.92 Å². The van der Waals surface area contributed by atoms with Crippen molar-refractivity contribution in [3.63, 3.8) is 0 Å². The maximum atomic E-state index is 4.50. The SMILES string of the molecule is CCc1nccn1C[C@H]1CC2c3cccc4[nH]cc(c34)C[C@H]2N(C)C1. The molecule has 4 heteroatoms. The minimum atomic E-state index is 0.638. The predicted octanol–water partition coefficient (Wildman–Crippen LogP) is 3.59. The van der Waals surface area contributed by atoms with Gasteiger partial charge in [0.05, 0.1) is 0 Å². The van der Waals surface area contributed by atoms with Gasteiger partial charge in [0, 0.05) is 61.0 Å². The minimum Gasteiger partial charge on any atom is -0.361 e. The molecule has 0 spiro atoms. The van der Waals surface area contributed by atoms with E-state index < -0.39 is 0 Å². The van der Waals surface area contributed by atoms with E-state index in [1.165, 1.54) is 41.7 Å². The fraction of sp³-hybridized carbons (Fsp3) is 0.476. The van der Waals surface area contributed by atoms with Gasteiger partial charge in [-0.2, -0.15) is 0 Å². The van der Waals surface area contributed by atoms with Crippen LogP contribution in [0.25, 0.3) is 10.9 Å². The van der Waals surface area contributed by atoms with Crippen LogP contribution in [0.2, 0.25) is 0 Å². The van der Waals surface area contributed by atoms with Crippen molar-refractivity contribution < 1.29 is 0 Å². The predicted molar refractivity (Wildman–Crippen MR) is 101 cm³/mol. The smallest absolute Gasteiger partial charge is 0.108 e. The maximum absolute atomic E-state index is 4.50. The van der Waals surface area contributed by atoms with Gasteiger partial charge >= 0.3 is 0 Å². The van der Waals surface area contributed by atoms with Crippen LogP contribution in [0.3, 0.4) is 0 Å². The van der Waals surface area contributed by atoms with Crippen molar-refractivity contribution in [3.8, 4) is 0 Å². The standard InChI is InChI=1S/C21H26N4/c1-3-20-22-7-8-25(20)13-14-9-17-16-5-4-6-18-21(16)15(11-23-18)10-19(17)24(2)12-14/h4-8,11,14,17,19,23H,3,9-10,12-13H2,1-2H3/t14-,17?,19+/m0/s1. The molecule has 0 bridgehead atoms. The lowest BCUT2D eigenvalue weighted by molar-refractivity contribution is 0.103. The van der Waals surface area contributed by atoms with Crippen molar-refractivity contribution in [1.82, 2.24) is 19.4 Å². The monoisotopic (exact) mass is 334 g/mol. The molecule has 1 fully saturated rings. The molecule has 1 unspecified atom stereocenters. The van der Waals surface area contributed by atoms with Gasteiger partial charge in [-0.1, -0.05) is 19.1 Å². The number of aryl methyl sites for hydroxylation is 1. The summed E-state index contributed by atoms with van der Waals surface area (Å²) in [6, 6.07) is 7.43. The minimum absolute atomic E-state index is 0.638. The number of fused-ring (bicyclic) bond motifs is 2. The van der Waals surface area contributed by atoms with E-state index in [9.17, 15) is 0 Å². The zero-order valence-electron chi connectivity index (χ0n) is 15.1. The van der Waals surface area contributed by atoms with E-state index in [1.54, 1.807) is 5.56 Å². The highest BCUT2D eigenvalue weighted by Crippen LogP contribution is 2.44. The highest BCUT2D eigenvalue weighted by atomic mass is 15.2. The first-order valence-corrected chi connectivity index (χ1v) is 9.53. The summed E-state index contributed by atoms with van der Waals surface area (Å²) in [6.07, 6.45) is 9.78. The number of likely N-dealkylation sites (tertiary alicyclic amines) is 1. The number of hydrogen-bond donors (Lipinski definition) is 1. The molecule has 3 heterocycles. The normalized spacial score (nSPS) is 26.1. The van der Waals surface area contributed by atoms with E-state index in [2.05, 4.69) is 64.0 Å². The number of nitrogens with one attached hydrogen (secondary N) is 1. The molecular formula is C21H26N4. The molecule has 1 aliphatic carbocycles. The Bertz CT molecular complexity index is 906. The Morgan fingerprint density at radius 1 is 1.32 bits per heavy atom. The fourth-order valence-corrected chi connectivity index (χ4v) is 5.29. The highest BCUT2D eigenvalue weighted by molar-refractivity contribution is 5.88. The van der Waals surface area contributed by atoms with Gasteiger partial charge in [-0.05, 0) is 43.0 Å². The molecule has 3 atom stereocenters. The number of aromatic nitrogens is 3. The maximum Gasteiger partial charge on any atom is 0.108 e. The van der Waals surface area contributed by atoms with Gasteiger partial charge in [0.15, 0.2) is 0 Å². The number of hydrogen-bond acceptors (Lipinski definition) is 2. The van der Waals surface area contributed by atoms with Crippen LogP contribution in [0, 0.1) is 5.92 Å². The molecule has 130 valence electrons.